The minimum Gasteiger partial charge on any atom is -0.507 e. The number of hydrogen-bond donors (Lipinski definition) is 4. The van der Waals surface area contributed by atoms with Gasteiger partial charge in [-0.25, -0.2) is 4.79 Å². The molecule has 2 bridgehead atoms. The van der Waals surface area contributed by atoms with Gasteiger partial charge >= 0.3 is 6.09 Å². The first-order valence-corrected chi connectivity index (χ1v) is 15.9. The quantitative estimate of drug-likeness (QED) is 0.102. The molecule has 3 aromatic carbocycles. The van der Waals surface area contributed by atoms with Crippen LogP contribution in [0, 0.1) is 29.6 Å². The zero-order valence-corrected chi connectivity index (χ0v) is 26.1. The van der Waals surface area contributed by atoms with Crippen molar-refractivity contribution >= 4 is 35.1 Å². The Bertz CT molecular complexity index is 1850. The van der Waals surface area contributed by atoms with Crippen molar-refractivity contribution in [1.29, 1.82) is 0 Å². The molecule has 6 rings (SSSR count). The number of ketones is 2. The Morgan fingerprint density at radius 3 is 2.57 bits per heavy atom. The van der Waals surface area contributed by atoms with Gasteiger partial charge in [0.1, 0.15) is 18.5 Å². The number of phenols is 1. The number of amides is 1. The predicted octanol–water partition coefficient (Wildman–Crippen LogP) is 4.17. The van der Waals surface area contributed by atoms with Crippen LogP contribution in [0.25, 0.3) is 0 Å². The average Bonchev–Trinajstić information content (AvgIpc) is 3.10. The van der Waals surface area contributed by atoms with E-state index in [0.717, 1.165) is 4.90 Å². The van der Waals surface area contributed by atoms with Crippen LogP contribution in [-0.4, -0.2) is 75.5 Å². The molecule has 1 heterocycles. The van der Waals surface area contributed by atoms with Crippen molar-refractivity contribution in [2.45, 2.75) is 49.0 Å². The molecule has 5 unspecified atom stereocenters. The Kier molecular flexibility index (Phi) is 8.79. The largest absolute Gasteiger partial charge is 0.507 e. The van der Waals surface area contributed by atoms with Gasteiger partial charge in [0.05, 0.1) is 35.4 Å². The maximum Gasteiger partial charge on any atom is 0.409 e. The summed E-state index contributed by atoms with van der Waals surface area (Å²) in [5.74, 6) is 9.42. The first kappa shape index (κ1) is 31.3. The first-order chi connectivity index (χ1) is 22.2. The number of rotatable bonds is 7. The Balaban J connectivity index is 1.25. The lowest BCUT2D eigenvalue weighted by Gasteiger charge is -2.42. The lowest BCUT2D eigenvalue weighted by molar-refractivity contribution is 0.0646. The van der Waals surface area contributed by atoms with Gasteiger partial charge in [-0.2, -0.15) is 0 Å². The van der Waals surface area contributed by atoms with Gasteiger partial charge in [0.15, 0.2) is 11.6 Å². The van der Waals surface area contributed by atoms with E-state index in [1.165, 1.54) is 11.0 Å². The third-order valence-corrected chi connectivity index (χ3v) is 9.43. The summed E-state index contributed by atoms with van der Waals surface area (Å²) in [5.41, 5.74) is 1.38. The van der Waals surface area contributed by atoms with Crippen molar-refractivity contribution in [3.05, 3.63) is 88.0 Å². The number of carbonyl (C=O) groups is 3. The Labute approximate surface area is 271 Å². The summed E-state index contributed by atoms with van der Waals surface area (Å²) in [5, 5.41) is 36.2. The van der Waals surface area contributed by atoms with Gasteiger partial charge in [-0.15, -0.1) is 11.8 Å². The van der Waals surface area contributed by atoms with Gasteiger partial charge in [-0.1, -0.05) is 47.9 Å². The van der Waals surface area contributed by atoms with Crippen LogP contribution in [-0.2, 0) is 11.3 Å². The fourth-order valence-corrected chi connectivity index (χ4v) is 7.12. The number of phenolic OH excluding ortho intramolecular Hbond substituents is 1. The molecular formula is C36H32N2O7S. The monoisotopic (exact) mass is 636 g/mol. The molecule has 0 spiro atoms. The molecule has 0 saturated heterocycles. The van der Waals surface area contributed by atoms with Crippen LogP contribution in [0.2, 0.25) is 0 Å². The number of aliphatic hydroxyl groups is 2. The number of hydrogen-bond acceptors (Lipinski definition) is 9. The molecule has 4 N–H and O–H groups in total. The average molecular weight is 637 g/mol. The van der Waals surface area contributed by atoms with Crippen LogP contribution in [0.5, 0.6) is 5.75 Å². The van der Waals surface area contributed by atoms with Gasteiger partial charge in [-0.3, -0.25) is 9.59 Å². The van der Waals surface area contributed by atoms with Crippen molar-refractivity contribution in [3.8, 4) is 29.4 Å². The van der Waals surface area contributed by atoms with Gasteiger partial charge in [0.25, 0.3) is 0 Å². The van der Waals surface area contributed by atoms with Crippen LogP contribution >= 0.6 is 11.8 Å². The molecule has 0 aromatic heterocycles. The normalized spacial score (nSPS) is 21.2. The van der Waals surface area contributed by atoms with E-state index < -0.39 is 53.5 Å². The van der Waals surface area contributed by atoms with E-state index in [9.17, 15) is 29.7 Å². The summed E-state index contributed by atoms with van der Waals surface area (Å²) in [6.07, 6.45) is -2.41. The number of fused-ring (bicyclic) bond motifs is 7. The topological polar surface area (TPSA) is 136 Å². The zero-order chi connectivity index (χ0) is 32.5. The molecule has 1 aliphatic heterocycles. The van der Waals surface area contributed by atoms with E-state index >= 15 is 0 Å². The van der Waals surface area contributed by atoms with Crippen LogP contribution in [0.4, 0.5) is 10.5 Å². The Morgan fingerprint density at radius 1 is 1.07 bits per heavy atom. The van der Waals surface area contributed by atoms with Crippen molar-refractivity contribution < 1.29 is 34.4 Å². The maximum atomic E-state index is 14.0. The van der Waals surface area contributed by atoms with Crippen LogP contribution in [0.1, 0.15) is 62.2 Å². The summed E-state index contributed by atoms with van der Waals surface area (Å²) in [7, 11) is 1.59. The number of nitrogens with zero attached hydrogens (tertiary/aromatic N) is 1. The van der Waals surface area contributed by atoms with Crippen LogP contribution in [0.3, 0.4) is 0 Å². The highest BCUT2D eigenvalue weighted by atomic mass is 32.2. The zero-order valence-electron chi connectivity index (χ0n) is 25.2. The second kappa shape index (κ2) is 12.9. The third-order valence-electron chi connectivity index (χ3n) is 8.46. The van der Waals surface area contributed by atoms with E-state index in [-0.39, 0.29) is 47.5 Å². The molecule has 0 saturated carbocycles. The SMILES string of the molecule is CC(O)C1C2C#CCC#CC(O)C1c1cc(O)c3c(c1N2)C(=O)c1ccc(CN(C)C(=O)OCCSc2ccccc2)cc1C3=O. The minimum atomic E-state index is -1.21. The Hall–Kier alpha value is -4.74. The van der Waals surface area contributed by atoms with Crippen molar-refractivity contribution in [3.63, 3.8) is 0 Å². The molecule has 2 aliphatic carbocycles. The van der Waals surface area contributed by atoms with Gasteiger partial charge in [0, 0.05) is 47.2 Å². The maximum absolute atomic E-state index is 14.0. The van der Waals surface area contributed by atoms with Crippen LogP contribution in [0.15, 0.2) is 59.5 Å². The molecule has 3 aliphatic rings. The summed E-state index contributed by atoms with van der Waals surface area (Å²) in [6.45, 7) is 1.95. The standard InChI is InChI=1S/C36H32N2O7S/c1-20(39)29-26-11-7-4-8-12-27(40)30(29)25-18-28(41)31-32(33(25)37-26)34(42)23-14-13-21(17-24(23)35(31)43)19-38(2)36(44)45-15-16-46-22-9-5-3-6-10-22/h3,5-6,9-10,13-14,17-18,20,26-27,29-30,37,39-41H,4,15-16,19H2,1-2H3. The fourth-order valence-electron chi connectivity index (χ4n) is 6.37. The Morgan fingerprint density at radius 2 is 1.80 bits per heavy atom. The summed E-state index contributed by atoms with van der Waals surface area (Å²) in [6, 6.07) is 15.3. The number of thioether (sulfide) groups is 1. The molecule has 234 valence electrons. The van der Waals surface area contributed by atoms with Crippen molar-refractivity contribution in [2.75, 3.05) is 24.7 Å². The van der Waals surface area contributed by atoms with E-state index in [1.54, 1.807) is 43.9 Å². The second-order valence-electron chi connectivity index (χ2n) is 11.5. The third kappa shape index (κ3) is 5.83. The van der Waals surface area contributed by atoms with Crippen molar-refractivity contribution in [2.24, 2.45) is 5.92 Å². The summed E-state index contributed by atoms with van der Waals surface area (Å²) in [4.78, 5) is 43.0. The van der Waals surface area contributed by atoms with E-state index in [4.69, 9.17) is 4.74 Å². The van der Waals surface area contributed by atoms with Gasteiger partial charge in [-0.05, 0) is 48.4 Å². The minimum absolute atomic E-state index is 0.00503. The predicted molar refractivity (Wildman–Crippen MR) is 173 cm³/mol. The molecule has 0 radical (unpaired) electrons. The molecule has 1 amide bonds. The molecule has 10 heteroatoms. The van der Waals surface area contributed by atoms with Crippen molar-refractivity contribution in [1.82, 2.24) is 4.90 Å². The first-order valence-electron chi connectivity index (χ1n) is 14.9. The molecule has 3 aromatic rings. The van der Waals surface area contributed by atoms with Gasteiger partial charge < -0.3 is 30.3 Å². The lowest BCUT2D eigenvalue weighted by Crippen LogP contribution is -2.47. The summed E-state index contributed by atoms with van der Waals surface area (Å²) < 4.78 is 5.40. The molecule has 46 heavy (non-hydrogen) atoms. The number of ether oxygens (including phenoxy) is 1. The lowest BCUT2D eigenvalue weighted by atomic mass is 9.69. The molecule has 9 nitrogen and oxygen atoms in total. The highest BCUT2D eigenvalue weighted by molar-refractivity contribution is 7.99. The van der Waals surface area contributed by atoms with E-state index in [2.05, 4.69) is 29.0 Å². The highest BCUT2D eigenvalue weighted by Gasteiger charge is 2.46. The number of nitrogens with one attached hydrogen (secondary N) is 1. The molecule has 5 atom stereocenters. The summed E-state index contributed by atoms with van der Waals surface area (Å²) >= 11 is 1.58. The number of anilines is 1. The number of aliphatic hydroxyl groups excluding tert-OH is 2. The highest BCUT2D eigenvalue weighted by Crippen LogP contribution is 2.49. The fraction of sp³-hybridized carbons (Fsp3) is 0.306. The molecular weight excluding hydrogens is 604 g/mol. The van der Waals surface area contributed by atoms with Gasteiger partial charge in [0.2, 0.25) is 0 Å². The van der Waals surface area contributed by atoms with E-state index in [0.29, 0.717) is 16.9 Å². The number of carbonyl (C=O) groups excluding carboxylic acids is 3. The second-order valence-corrected chi connectivity index (χ2v) is 12.7. The number of aromatic hydroxyl groups is 1. The van der Waals surface area contributed by atoms with Crippen LogP contribution < -0.4 is 5.32 Å². The molecule has 0 fully saturated rings. The van der Waals surface area contributed by atoms with E-state index in [1.807, 2.05) is 30.3 Å². The number of benzene rings is 3. The smallest absolute Gasteiger partial charge is 0.409 e.